The second kappa shape index (κ2) is 12.4. The van der Waals surface area contributed by atoms with Crippen molar-refractivity contribution in [2.24, 2.45) is 5.92 Å². The van der Waals surface area contributed by atoms with E-state index in [1.54, 1.807) is 0 Å². The molecule has 35 heavy (non-hydrogen) atoms. The molecule has 1 N–H and O–H groups in total. The number of rotatable bonds is 11. The minimum Gasteiger partial charge on any atom is -0.469 e. The summed E-state index contributed by atoms with van der Waals surface area (Å²) in [6.45, 7) is 15.7. The molecule has 0 aromatic heterocycles. The Bertz CT molecular complexity index is 841. The minimum atomic E-state index is -1.97. The first-order chi connectivity index (χ1) is 16.2. The third kappa shape index (κ3) is 7.92. The van der Waals surface area contributed by atoms with Gasteiger partial charge < -0.3 is 14.3 Å². The van der Waals surface area contributed by atoms with Crippen molar-refractivity contribution in [2.45, 2.75) is 108 Å². The fourth-order valence-electron chi connectivity index (χ4n) is 4.56. The molecule has 1 fully saturated rings. The van der Waals surface area contributed by atoms with Gasteiger partial charge in [0.2, 0.25) is 0 Å². The number of halogens is 1. The van der Waals surface area contributed by atoms with Crippen LogP contribution in [0.1, 0.15) is 83.8 Å². The van der Waals surface area contributed by atoms with Crippen LogP contribution in [-0.4, -0.2) is 44.6 Å². The number of aliphatic hydroxyl groups excluding tert-OH is 1. The Hall–Kier alpha value is -1.14. The van der Waals surface area contributed by atoms with Crippen molar-refractivity contribution < 1.29 is 19.1 Å². The molecule has 0 bridgehead atoms. The lowest BCUT2D eigenvalue weighted by atomic mass is 9.81. The second-order valence-electron chi connectivity index (χ2n) is 12.2. The summed E-state index contributed by atoms with van der Waals surface area (Å²) in [4.78, 5) is 11.3. The molecule has 0 aliphatic heterocycles. The van der Waals surface area contributed by atoms with Crippen LogP contribution < -0.4 is 0 Å². The van der Waals surface area contributed by atoms with E-state index in [0.717, 1.165) is 31.2 Å². The smallest absolute Gasteiger partial charge is 0.305 e. The van der Waals surface area contributed by atoms with Crippen LogP contribution in [0, 0.1) is 5.92 Å². The molecule has 1 aromatic carbocycles. The number of carbonyl (C=O) groups is 1. The molecule has 0 unspecified atom stereocenters. The number of benzene rings is 1. The van der Waals surface area contributed by atoms with Gasteiger partial charge in [-0.05, 0) is 60.9 Å². The SMILES string of the molecule is COC(=O)CCCC=CC[C@@H]1[C@@H](c2ccc(C(C)(C)CO)cc2)[C@H](O[Si](C)(C)C(C)(C)C)C[C@H]1Cl. The number of allylic oxidation sites excluding steroid dienone is 2. The third-order valence-corrected chi connectivity index (χ3v) is 13.1. The topological polar surface area (TPSA) is 55.8 Å². The zero-order chi connectivity index (χ0) is 26.4. The summed E-state index contributed by atoms with van der Waals surface area (Å²) < 4.78 is 11.7. The molecule has 0 saturated heterocycles. The van der Waals surface area contributed by atoms with Crippen LogP contribution in [0.15, 0.2) is 36.4 Å². The normalized spacial score (nSPS) is 23.7. The van der Waals surface area contributed by atoms with Crippen molar-refractivity contribution in [1.82, 2.24) is 0 Å². The molecule has 1 aliphatic rings. The molecule has 198 valence electrons. The summed E-state index contributed by atoms with van der Waals surface area (Å²) in [6.07, 6.45) is 8.31. The van der Waals surface area contributed by atoms with Gasteiger partial charge in [-0.3, -0.25) is 4.79 Å². The largest absolute Gasteiger partial charge is 0.469 e. The Morgan fingerprint density at radius 3 is 2.31 bits per heavy atom. The van der Waals surface area contributed by atoms with Crippen molar-refractivity contribution >= 4 is 25.9 Å². The maximum atomic E-state index is 11.3. The van der Waals surface area contributed by atoms with Gasteiger partial charge in [-0.1, -0.05) is 71.0 Å². The number of hydrogen-bond acceptors (Lipinski definition) is 4. The van der Waals surface area contributed by atoms with Gasteiger partial charge in [0.15, 0.2) is 8.32 Å². The summed E-state index contributed by atoms with van der Waals surface area (Å²) in [5.74, 6) is 0.339. The molecule has 0 heterocycles. The van der Waals surface area contributed by atoms with Crippen LogP contribution in [0.25, 0.3) is 0 Å². The van der Waals surface area contributed by atoms with Crippen molar-refractivity contribution in [3.05, 3.63) is 47.5 Å². The molecule has 1 saturated carbocycles. The van der Waals surface area contributed by atoms with Gasteiger partial charge in [0.05, 0.1) is 19.8 Å². The molecule has 6 heteroatoms. The van der Waals surface area contributed by atoms with Gasteiger partial charge >= 0.3 is 5.97 Å². The average molecular weight is 523 g/mol. The zero-order valence-corrected chi connectivity index (χ0v) is 24.8. The Kier molecular flexibility index (Phi) is 10.7. The molecule has 4 nitrogen and oxygen atoms in total. The molecule has 2 rings (SSSR count). The average Bonchev–Trinajstić information content (AvgIpc) is 3.09. The van der Waals surface area contributed by atoms with E-state index in [4.69, 9.17) is 20.8 Å². The molecular formula is C29H47ClO4Si. The fraction of sp³-hybridized carbons (Fsp3) is 0.690. The Balaban J connectivity index is 2.26. The highest BCUT2D eigenvalue weighted by atomic mass is 35.5. The first-order valence-electron chi connectivity index (χ1n) is 13.0. The maximum Gasteiger partial charge on any atom is 0.305 e. The minimum absolute atomic E-state index is 0.0445. The van der Waals surface area contributed by atoms with Gasteiger partial charge in [-0.25, -0.2) is 0 Å². The molecule has 0 amide bonds. The third-order valence-electron chi connectivity index (χ3n) is 8.06. The van der Waals surface area contributed by atoms with Gasteiger partial charge in [-0.2, -0.15) is 0 Å². The van der Waals surface area contributed by atoms with Crippen molar-refractivity contribution in [1.29, 1.82) is 0 Å². The molecule has 1 aromatic rings. The molecule has 0 radical (unpaired) electrons. The van der Waals surface area contributed by atoms with E-state index in [-0.39, 0.29) is 46.3 Å². The predicted molar refractivity (Wildman–Crippen MR) is 149 cm³/mol. The van der Waals surface area contributed by atoms with Crippen molar-refractivity contribution in [2.75, 3.05) is 13.7 Å². The second-order valence-corrected chi connectivity index (χ2v) is 17.5. The van der Waals surface area contributed by atoms with Crippen molar-refractivity contribution in [3.63, 3.8) is 0 Å². The van der Waals surface area contributed by atoms with Crippen LogP contribution in [-0.2, 0) is 19.4 Å². The lowest BCUT2D eigenvalue weighted by Gasteiger charge is -2.40. The van der Waals surface area contributed by atoms with Crippen LogP contribution in [0.3, 0.4) is 0 Å². The Morgan fingerprint density at radius 2 is 1.77 bits per heavy atom. The standard InChI is InChI=1S/C29H47ClO4Si/c1-28(2,3)35(7,8)34-25-19-24(30)23(13-11-9-10-12-14-26(32)33-6)27(25)21-15-17-22(18-16-21)29(4,5)20-31/h9,11,15-18,23-25,27,31H,10,12-14,19-20H2,1-8H3/t23-,24+,25+,27+/m0/s1. The number of hydrogen-bond donors (Lipinski definition) is 1. The summed E-state index contributed by atoms with van der Waals surface area (Å²) in [6, 6.07) is 8.72. The van der Waals surface area contributed by atoms with E-state index >= 15 is 0 Å². The highest BCUT2D eigenvalue weighted by Gasteiger charge is 2.48. The van der Waals surface area contributed by atoms with Crippen molar-refractivity contribution in [3.8, 4) is 0 Å². The molecule has 0 spiro atoms. The number of aliphatic hydroxyl groups is 1. The molecular weight excluding hydrogens is 476 g/mol. The lowest BCUT2D eigenvalue weighted by Crippen LogP contribution is -2.44. The zero-order valence-electron chi connectivity index (χ0n) is 23.1. The van der Waals surface area contributed by atoms with E-state index in [2.05, 4.69) is 84.1 Å². The highest BCUT2D eigenvalue weighted by molar-refractivity contribution is 6.74. The summed E-state index contributed by atoms with van der Waals surface area (Å²) in [5, 5.41) is 9.96. The number of ether oxygens (including phenoxy) is 1. The molecule has 4 atom stereocenters. The fourth-order valence-corrected chi connectivity index (χ4v) is 6.35. The van der Waals surface area contributed by atoms with Crippen LogP contribution in [0.2, 0.25) is 18.1 Å². The molecule has 1 aliphatic carbocycles. The van der Waals surface area contributed by atoms with Crippen LogP contribution in [0.4, 0.5) is 0 Å². The number of carbonyl (C=O) groups excluding carboxylic acids is 1. The van der Waals surface area contributed by atoms with Gasteiger partial charge in [0, 0.05) is 23.1 Å². The van der Waals surface area contributed by atoms with E-state index in [1.165, 1.54) is 12.7 Å². The van der Waals surface area contributed by atoms with Gasteiger partial charge in [0.25, 0.3) is 0 Å². The van der Waals surface area contributed by atoms with Gasteiger partial charge in [0.1, 0.15) is 0 Å². The van der Waals surface area contributed by atoms with E-state index in [9.17, 15) is 9.90 Å². The summed E-state index contributed by atoms with van der Waals surface area (Å²) in [7, 11) is -0.538. The Labute approximate surface area is 219 Å². The number of unbranched alkanes of at least 4 members (excludes halogenated alkanes) is 1. The first-order valence-corrected chi connectivity index (χ1v) is 16.3. The van der Waals surface area contributed by atoms with E-state index < -0.39 is 8.32 Å². The highest BCUT2D eigenvalue weighted by Crippen LogP contribution is 2.49. The Morgan fingerprint density at radius 1 is 1.14 bits per heavy atom. The van der Waals surface area contributed by atoms with Gasteiger partial charge in [-0.15, -0.1) is 11.6 Å². The first kappa shape index (κ1) is 30.1. The number of esters is 1. The van der Waals surface area contributed by atoms with E-state index in [0.29, 0.717) is 6.42 Å². The maximum absolute atomic E-state index is 11.3. The lowest BCUT2D eigenvalue weighted by molar-refractivity contribution is -0.140. The summed E-state index contributed by atoms with van der Waals surface area (Å²) >= 11 is 6.99. The summed E-state index contributed by atoms with van der Waals surface area (Å²) in [5.41, 5.74) is 2.12. The number of methoxy groups -OCH3 is 1. The quantitative estimate of drug-likeness (QED) is 0.108. The van der Waals surface area contributed by atoms with Crippen LogP contribution >= 0.6 is 11.6 Å². The monoisotopic (exact) mass is 522 g/mol. The van der Waals surface area contributed by atoms with Crippen LogP contribution in [0.5, 0.6) is 0 Å². The van der Waals surface area contributed by atoms with E-state index in [1.807, 2.05) is 0 Å². The predicted octanol–water partition coefficient (Wildman–Crippen LogP) is 7.35. The number of alkyl halides is 1.